The number of hydrogen-bond donors (Lipinski definition) is 0. The zero-order valence-corrected chi connectivity index (χ0v) is 16.3. The Morgan fingerprint density at radius 2 is 0.828 bits per heavy atom. The standard InChI is InChI=1S/C25H22N4/c1-2-9-19-17-29-23-13-6-4-11-21(23)27-15-7-14-26-20-10-3-5-12-22(20)28(16-18(19)8-1)24(26)25(27)29/h1-6,8-13H,7,14-17H2. The van der Waals surface area contributed by atoms with Gasteiger partial charge in [-0.2, -0.15) is 0 Å². The maximum atomic E-state index is 2.55. The highest BCUT2D eigenvalue weighted by molar-refractivity contribution is 5.89. The minimum atomic E-state index is 0.917. The molecule has 0 saturated heterocycles. The van der Waals surface area contributed by atoms with Gasteiger partial charge in [-0.15, -0.1) is 0 Å². The number of fused-ring (bicyclic) bond motifs is 7. The van der Waals surface area contributed by atoms with E-state index < -0.39 is 0 Å². The number of anilines is 4. The molecule has 0 unspecified atom stereocenters. The molecule has 4 aliphatic heterocycles. The molecule has 0 bridgehead atoms. The van der Waals surface area contributed by atoms with Gasteiger partial charge in [0.05, 0.1) is 35.8 Å². The van der Waals surface area contributed by atoms with Crippen LogP contribution < -0.4 is 19.6 Å². The van der Waals surface area contributed by atoms with Crippen molar-refractivity contribution in [2.45, 2.75) is 19.5 Å². The molecule has 4 heterocycles. The highest BCUT2D eigenvalue weighted by Gasteiger charge is 2.44. The number of nitrogens with zero attached hydrogens (tertiary/aromatic N) is 4. The van der Waals surface area contributed by atoms with Gasteiger partial charge in [-0.3, -0.25) is 0 Å². The van der Waals surface area contributed by atoms with Crippen molar-refractivity contribution in [3.8, 4) is 0 Å². The first-order valence-corrected chi connectivity index (χ1v) is 10.5. The van der Waals surface area contributed by atoms with Crippen molar-refractivity contribution in [3.63, 3.8) is 0 Å². The van der Waals surface area contributed by atoms with Crippen LogP contribution in [-0.2, 0) is 13.1 Å². The van der Waals surface area contributed by atoms with Crippen LogP contribution in [0.5, 0.6) is 0 Å². The van der Waals surface area contributed by atoms with E-state index in [1.807, 2.05) is 0 Å². The van der Waals surface area contributed by atoms with Gasteiger partial charge in [0.25, 0.3) is 0 Å². The lowest BCUT2D eigenvalue weighted by Gasteiger charge is -2.34. The molecule has 4 nitrogen and oxygen atoms in total. The summed E-state index contributed by atoms with van der Waals surface area (Å²) in [5.41, 5.74) is 8.15. The first kappa shape index (κ1) is 15.5. The van der Waals surface area contributed by atoms with E-state index in [-0.39, 0.29) is 0 Å². The average Bonchev–Trinajstić information content (AvgIpc) is 3.12. The minimum absolute atomic E-state index is 0.917. The van der Waals surface area contributed by atoms with Gasteiger partial charge >= 0.3 is 0 Å². The molecule has 4 aliphatic rings. The zero-order chi connectivity index (χ0) is 18.9. The quantitative estimate of drug-likeness (QED) is 0.552. The molecule has 0 radical (unpaired) electrons. The van der Waals surface area contributed by atoms with Gasteiger partial charge in [0.15, 0.2) is 11.6 Å². The van der Waals surface area contributed by atoms with Crippen LogP contribution in [0.2, 0.25) is 0 Å². The van der Waals surface area contributed by atoms with Crippen LogP contribution in [-0.4, -0.2) is 13.1 Å². The second kappa shape index (κ2) is 5.57. The summed E-state index contributed by atoms with van der Waals surface area (Å²) < 4.78 is 0. The van der Waals surface area contributed by atoms with Gasteiger partial charge in [0, 0.05) is 13.1 Å². The number of hydrogen-bond acceptors (Lipinski definition) is 4. The van der Waals surface area contributed by atoms with Crippen molar-refractivity contribution in [2.75, 3.05) is 32.7 Å². The topological polar surface area (TPSA) is 13.0 Å². The second-order valence-electron chi connectivity index (χ2n) is 8.22. The summed E-state index contributed by atoms with van der Waals surface area (Å²) in [6.07, 6.45) is 1.14. The monoisotopic (exact) mass is 378 g/mol. The van der Waals surface area contributed by atoms with E-state index in [0.29, 0.717) is 0 Å². The molecule has 0 N–H and O–H groups in total. The van der Waals surface area contributed by atoms with Crippen LogP contribution in [0.15, 0.2) is 84.4 Å². The summed E-state index contributed by atoms with van der Waals surface area (Å²) in [4.78, 5) is 10.2. The van der Waals surface area contributed by atoms with Crippen LogP contribution >= 0.6 is 0 Å². The van der Waals surface area contributed by atoms with E-state index in [2.05, 4.69) is 92.4 Å². The summed E-state index contributed by atoms with van der Waals surface area (Å²) >= 11 is 0. The summed E-state index contributed by atoms with van der Waals surface area (Å²) in [6, 6.07) is 26.7. The third kappa shape index (κ3) is 1.98. The summed E-state index contributed by atoms with van der Waals surface area (Å²) in [5.74, 6) is 2.68. The smallest absolute Gasteiger partial charge is 0.156 e. The second-order valence-corrected chi connectivity index (χ2v) is 8.22. The molecule has 0 fully saturated rings. The van der Waals surface area contributed by atoms with Gasteiger partial charge in [0.1, 0.15) is 0 Å². The Bertz CT molecular complexity index is 1090. The average molecular weight is 378 g/mol. The molecule has 7 rings (SSSR count). The molecule has 0 saturated carbocycles. The van der Waals surface area contributed by atoms with Crippen molar-refractivity contribution in [3.05, 3.63) is 95.6 Å². The Kier molecular flexibility index (Phi) is 2.98. The number of para-hydroxylation sites is 4. The summed E-state index contributed by atoms with van der Waals surface area (Å²) in [7, 11) is 0. The Morgan fingerprint density at radius 1 is 0.448 bits per heavy atom. The van der Waals surface area contributed by atoms with Crippen LogP contribution in [0.4, 0.5) is 22.7 Å². The van der Waals surface area contributed by atoms with Crippen molar-refractivity contribution in [2.24, 2.45) is 0 Å². The van der Waals surface area contributed by atoms with Crippen LogP contribution in [0.1, 0.15) is 17.5 Å². The third-order valence-corrected chi connectivity index (χ3v) is 6.69. The third-order valence-electron chi connectivity index (χ3n) is 6.69. The van der Waals surface area contributed by atoms with E-state index in [1.54, 1.807) is 0 Å². The summed E-state index contributed by atoms with van der Waals surface area (Å²) in [5, 5.41) is 0. The fourth-order valence-corrected chi connectivity index (χ4v) is 5.44. The van der Waals surface area contributed by atoms with Gasteiger partial charge in [-0.25, -0.2) is 0 Å². The molecule has 0 atom stereocenters. The molecule has 0 spiro atoms. The van der Waals surface area contributed by atoms with Crippen LogP contribution in [0.3, 0.4) is 0 Å². The van der Waals surface area contributed by atoms with Crippen molar-refractivity contribution >= 4 is 22.7 Å². The highest BCUT2D eigenvalue weighted by Crippen LogP contribution is 2.51. The van der Waals surface area contributed by atoms with E-state index in [1.165, 1.54) is 45.5 Å². The zero-order valence-electron chi connectivity index (χ0n) is 16.3. The van der Waals surface area contributed by atoms with Crippen LogP contribution in [0, 0.1) is 0 Å². The Hall–Kier alpha value is -3.40. The largest absolute Gasteiger partial charge is 0.323 e. The van der Waals surface area contributed by atoms with Gasteiger partial charge in [-0.1, -0.05) is 48.5 Å². The molecule has 0 aromatic heterocycles. The summed E-state index contributed by atoms with van der Waals surface area (Å²) in [6.45, 7) is 3.95. The maximum Gasteiger partial charge on any atom is 0.156 e. The first-order chi connectivity index (χ1) is 14.4. The molecule has 0 aliphatic carbocycles. The molecule has 0 amide bonds. The van der Waals surface area contributed by atoms with Crippen molar-refractivity contribution < 1.29 is 0 Å². The Balaban J connectivity index is 1.56. The Labute approximate surface area is 170 Å². The predicted octanol–water partition coefficient (Wildman–Crippen LogP) is 4.88. The van der Waals surface area contributed by atoms with E-state index in [4.69, 9.17) is 0 Å². The predicted molar refractivity (Wildman–Crippen MR) is 118 cm³/mol. The first-order valence-electron chi connectivity index (χ1n) is 10.5. The molecule has 142 valence electrons. The molecular formula is C25H22N4. The fourth-order valence-electron chi connectivity index (χ4n) is 5.44. The van der Waals surface area contributed by atoms with E-state index >= 15 is 0 Å². The lowest BCUT2D eigenvalue weighted by molar-refractivity contribution is 0.791. The normalized spacial score (nSPS) is 18.6. The molecule has 3 aromatic rings. The molecule has 29 heavy (non-hydrogen) atoms. The lowest BCUT2D eigenvalue weighted by Crippen LogP contribution is -2.38. The van der Waals surface area contributed by atoms with Crippen molar-refractivity contribution in [1.82, 2.24) is 0 Å². The van der Waals surface area contributed by atoms with Gasteiger partial charge in [-0.05, 0) is 41.8 Å². The van der Waals surface area contributed by atoms with Gasteiger partial charge < -0.3 is 19.6 Å². The van der Waals surface area contributed by atoms with E-state index in [9.17, 15) is 0 Å². The minimum Gasteiger partial charge on any atom is -0.323 e. The number of benzene rings is 3. The van der Waals surface area contributed by atoms with Gasteiger partial charge in [0.2, 0.25) is 0 Å². The van der Waals surface area contributed by atoms with Crippen LogP contribution in [0.25, 0.3) is 0 Å². The lowest BCUT2D eigenvalue weighted by atomic mass is 10.0. The molecule has 4 heteroatoms. The number of rotatable bonds is 0. The maximum absolute atomic E-state index is 2.55. The molecular weight excluding hydrogens is 356 g/mol. The fraction of sp³-hybridized carbons (Fsp3) is 0.200. The van der Waals surface area contributed by atoms with Crippen molar-refractivity contribution in [1.29, 1.82) is 0 Å². The Morgan fingerprint density at radius 3 is 1.28 bits per heavy atom. The highest BCUT2D eigenvalue weighted by atomic mass is 15.5. The van der Waals surface area contributed by atoms with E-state index in [0.717, 1.165) is 32.6 Å². The SMILES string of the molecule is c1ccc2c(c1)CN1C3=C4N(CCCN3c3ccccc31)c1ccccc1N4C2. The molecule has 3 aromatic carbocycles.